The number of hydrogen-bond donors (Lipinski definition) is 3. The topological polar surface area (TPSA) is 70.6 Å². The van der Waals surface area contributed by atoms with Crippen molar-refractivity contribution in [3.8, 4) is 5.75 Å². The number of para-hydroxylation sites is 1. The Morgan fingerprint density at radius 1 is 1.53 bits per heavy atom. The second-order valence-electron chi connectivity index (χ2n) is 4.04. The van der Waals surface area contributed by atoms with E-state index in [1.54, 1.807) is 18.2 Å². The fraction of sp³-hybridized carbons (Fsp3) is 0.462. The largest absolute Gasteiger partial charge is 0.493 e. The number of carbonyl (C=O) groups is 1. The van der Waals surface area contributed by atoms with Crippen LogP contribution in [0.4, 0.5) is 10.5 Å². The first-order valence-corrected chi connectivity index (χ1v) is 6.51. The van der Waals surface area contributed by atoms with Crippen LogP contribution in [-0.2, 0) is 0 Å². The molecule has 106 valence electrons. The summed E-state index contributed by atoms with van der Waals surface area (Å²) in [5.41, 5.74) is 0.506. The van der Waals surface area contributed by atoms with Gasteiger partial charge in [0.25, 0.3) is 0 Å². The predicted molar refractivity (Wildman–Crippen MR) is 75.9 cm³/mol. The molecule has 0 spiro atoms. The van der Waals surface area contributed by atoms with Crippen LogP contribution in [0.25, 0.3) is 0 Å². The number of nitrogens with one attached hydrogen (secondary N) is 2. The molecular formula is C13H19ClN2O3. The summed E-state index contributed by atoms with van der Waals surface area (Å²) in [6.45, 7) is 1.99. The average Bonchev–Trinajstić information content (AvgIpc) is 2.38. The quantitative estimate of drug-likeness (QED) is 0.753. The van der Waals surface area contributed by atoms with Crippen molar-refractivity contribution in [3.63, 3.8) is 0 Å². The second-order valence-corrected chi connectivity index (χ2v) is 4.44. The smallest absolute Gasteiger partial charge is 0.319 e. The summed E-state index contributed by atoms with van der Waals surface area (Å²) < 4.78 is 5.14. The predicted octanol–water partition coefficient (Wildman–Crippen LogP) is 2.63. The summed E-state index contributed by atoms with van der Waals surface area (Å²) in [6.07, 6.45) is 1.28. The van der Waals surface area contributed by atoms with Crippen molar-refractivity contribution < 1.29 is 14.6 Å². The Morgan fingerprint density at radius 2 is 2.26 bits per heavy atom. The van der Waals surface area contributed by atoms with E-state index >= 15 is 0 Å². The lowest BCUT2D eigenvalue weighted by Crippen LogP contribution is -2.38. The van der Waals surface area contributed by atoms with Gasteiger partial charge in [-0.15, -0.1) is 0 Å². The number of amides is 2. The van der Waals surface area contributed by atoms with Crippen LogP contribution in [0.3, 0.4) is 0 Å². The molecule has 19 heavy (non-hydrogen) atoms. The van der Waals surface area contributed by atoms with Crippen molar-refractivity contribution in [1.82, 2.24) is 5.32 Å². The van der Waals surface area contributed by atoms with Crippen LogP contribution in [0, 0.1) is 0 Å². The fourth-order valence-corrected chi connectivity index (χ4v) is 1.94. The van der Waals surface area contributed by atoms with E-state index in [1.807, 2.05) is 6.92 Å². The van der Waals surface area contributed by atoms with E-state index in [4.69, 9.17) is 21.4 Å². The lowest BCUT2D eigenvalue weighted by molar-refractivity contribution is 0.237. The summed E-state index contributed by atoms with van der Waals surface area (Å²) in [7, 11) is 1.49. The maximum absolute atomic E-state index is 11.8. The maximum atomic E-state index is 11.8. The summed E-state index contributed by atoms with van der Waals surface area (Å²) in [5.74, 6) is 0.425. The standard InChI is InChI=1S/C13H19ClN2O3/c1-3-9(7-8-17)15-13(18)16-11-6-4-5-10(14)12(11)19-2/h4-6,9,17H,3,7-8H2,1-2H3,(H2,15,16,18)/t9-/m0/s1. The molecular weight excluding hydrogens is 268 g/mol. The van der Waals surface area contributed by atoms with Gasteiger partial charge in [0.1, 0.15) is 0 Å². The number of methoxy groups -OCH3 is 1. The number of carbonyl (C=O) groups excluding carboxylic acids is 1. The fourth-order valence-electron chi connectivity index (χ4n) is 1.69. The summed E-state index contributed by atoms with van der Waals surface area (Å²) in [5, 5.41) is 14.8. The van der Waals surface area contributed by atoms with Gasteiger partial charge in [-0.1, -0.05) is 24.6 Å². The molecule has 0 aromatic heterocycles. The van der Waals surface area contributed by atoms with Gasteiger partial charge in [0.15, 0.2) is 5.75 Å². The number of rotatable bonds is 6. The van der Waals surface area contributed by atoms with Crippen LogP contribution in [0.15, 0.2) is 18.2 Å². The Morgan fingerprint density at radius 3 is 2.84 bits per heavy atom. The number of halogens is 1. The van der Waals surface area contributed by atoms with Crippen molar-refractivity contribution in [2.24, 2.45) is 0 Å². The molecule has 1 aromatic carbocycles. The van der Waals surface area contributed by atoms with Crippen LogP contribution in [0.5, 0.6) is 5.75 Å². The molecule has 0 unspecified atom stereocenters. The van der Waals surface area contributed by atoms with E-state index in [0.717, 1.165) is 6.42 Å². The lowest BCUT2D eigenvalue weighted by atomic mass is 10.2. The number of urea groups is 1. The third kappa shape index (κ3) is 4.61. The number of anilines is 1. The van der Waals surface area contributed by atoms with Gasteiger partial charge < -0.3 is 20.5 Å². The Labute approximate surface area is 117 Å². The molecule has 5 nitrogen and oxygen atoms in total. The van der Waals surface area contributed by atoms with Crippen molar-refractivity contribution >= 4 is 23.3 Å². The monoisotopic (exact) mass is 286 g/mol. The first kappa shape index (κ1) is 15.6. The maximum Gasteiger partial charge on any atom is 0.319 e. The van der Waals surface area contributed by atoms with Gasteiger partial charge in [-0.05, 0) is 25.0 Å². The molecule has 0 fully saturated rings. The van der Waals surface area contributed by atoms with Crippen molar-refractivity contribution in [2.45, 2.75) is 25.8 Å². The lowest BCUT2D eigenvalue weighted by Gasteiger charge is -2.17. The van der Waals surface area contributed by atoms with E-state index in [-0.39, 0.29) is 18.7 Å². The number of hydrogen-bond acceptors (Lipinski definition) is 3. The minimum Gasteiger partial charge on any atom is -0.493 e. The van der Waals surface area contributed by atoms with Gasteiger partial charge in [-0.25, -0.2) is 4.79 Å². The molecule has 6 heteroatoms. The molecule has 1 aromatic rings. The van der Waals surface area contributed by atoms with E-state index in [2.05, 4.69) is 10.6 Å². The second kappa shape index (κ2) is 7.86. The molecule has 0 bridgehead atoms. The number of aliphatic hydroxyl groups excluding tert-OH is 1. The van der Waals surface area contributed by atoms with Crippen LogP contribution in [-0.4, -0.2) is 30.9 Å². The Kier molecular flexibility index (Phi) is 6.45. The third-order valence-corrected chi connectivity index (χ3v) is 3.02. The highest BCUT2D eigenvalue weighted by atomic mass is 35.5. The van der Waals surface area contributed by atoms with Gasteiger partial charge in [0.05, 0.1) is 17.8 Å². The van der Waals surface area contributed by atoms with Gasteiger partial charge in [-0.3, -0.25) is 0 Å². The van der Waals surface area contributed by atoms with Gasteiger partial charge >= 0.3 is 6.03 Å². The molecule has 0 aliphatic carbocycles. The van der Waals surface area contributed by atoms with E-state index < -0.39 is 0 Å². The van der Waals surface area contributed by atoms with Crippen LogP contribution >= 0.6 is 11.6 Å². The van der Waals surface area contributed by atoms with Gasteiger partial charge in [0, 0.05) is 12.6 Å². The Bertz CT molecular complexity index is 426. The highest BCUT2D eigenvalue weighted by Gasteiger charge is 2.13. The van der Waals surface area contributed by atoms with Crippen LogP contribution in [0.2, 0.25) is 5.02 Å². The average molecular weight is 287 g/mol. The Balaban J connectivity index is 2.69. The molecule has 0 saturated heterocycles. The molecule has 2 amide bonds. The minimum absolute atomic E-state index is 0.0409. The van der Waals surface area contributed by atoms with Crippen molar-refractivity contribution in [1.29, 1.82) is 0 Å². The molecule has 0 saturated carbocycles. The van der Waals surface area contributed by atoms with Crippen molar-refractivity contribution in [3.05, 3.63) is 23.2 Å². The number of aliphatic hydroxyl groups is 1. The van der Waals surface area contributed by atoms with E-state index in [1.165, 1.54) is 7.11 Å². The highest BCUT2D eigenvalue weighted by molar-refractivity contribution is 6.32. The minimum atomic E-state index is -0.346. The molecule has 0 heterocycles. The highest BCUT2D eigenvalue weighted by Crippen LogP contribution is 2.32. The first-order chi connectivity index (χ1) is 9.12. The summed E-state index contributed by atoms with van der Waals surface area (Å²) in [4.78, 5) is 11.8. The molecule has 0 radical (unpaired) electrons. The summed E-state index contributed by atoms with van der Waals surface area (Å²) >= 11 is 5.97. The van der Waals surface area contributed by atoms with E-state index in [0.29, 0.717) is 22.9 Å². The zero-order valence-electron chi connectivity index (χ0n) is 11.1. The van der Waals surface area contributed by atoms with Crippen molar-refractivity contribution in [2.75, 3.05) is 19.0 Å². The normalized spacial score (nSPS) is 11.8. The Hall–Kier alpha value is -1.46. The molecule has 0 aliphatic heterocycles. The number of benzene rings is 1. The third-order valence-electron chi connectivity index (χ3n) is 2.72. The van der Waals surface area contributed by atoms with Crippen LogP contribution < -0.4 is 15.4 Å². The molecule has 1 rings (SSSR count). The van der Waals surface area contributed by atoms with Gasteiger partial charge in [-0.2, -0.15) is 0 Å². The zero-order chi connectivity index (χ0) is 14.3. The summed E-state index contributed by atoms with van der Waals surface area (Å²) in [6, 6.07) is 4.71. The number of ether oxygens (including phenoxy) is 1. The van der Waals surface area contributed by atoms with Crippen LogP contribution in [0.1, 0.15) is 19.8 Å². The molecule has 1 atom stereocenters. The SMILES string of the molecule is CC[C@@H](CCO)NC(=O)Nc1cccc(Cl)c1OC. The van der Waals surface area contributed by atoms with E-state index in [9.17, 15) is 4.79 Å². The molecule has 0 aliphatic rings. The zero-order valence-corrected chi connectivity index (χ0v) is 11.8. The molecule has 3 N–H and O–H groups in total. The first-order valence-electron chi connectivity index (χ1n) is 6.13. The van der Waals surface area contributed by atoms with Gasteiger partial charge in [0.2, 0.25) is 0 Å².